The smallest absolute Gasteiger partial charge is 0.316 e. The molecule has 0 bridgehead atoms. The van der Waals surface area contributed by atoms with Gasteiger partial charge in [-0.2, -0.15) is 0 Å². The second-order valence-corrected chi connectivity index (χ2v) is 10.6. The molecule has 0 heterocycles. The molecular formula is C27H42O8. The number of hydrogen-bond donors (Lipinski definition) is 1. The zero-order valence-corrected chi connectivity index (χ0v) is 22.3. The van der Waals surface area contributed by atoms with Crippen molar-refractivity contribution in [1.82, 2.24) is 0 Å². The second kappa shape index (κ2) is 13.7. The molecule has 0 spiro atoms. The summed E-state index contributed by atoms with van der Waals surface area (Å²) in [6, 6.07) is 0. The fraction of sp³-hybridized carbons (Fsp3) is 0.667. The quantitative estimate of drug-likeness (QED) is 0.257. The van der Waals surface area contributed by atoms with Crippen LogP contribution in [0.15, 0.2) is 36.0 Å². The van der Waals surface area contributed by atoms with Crippen LogP contribution in [0.25, 0.3) is 0 Å². The van der Waals surface area contributed by atoms with E-state index in [0.717, 1.165) is 0 Å². The van der Waals surface area contributed by atoms with E-state index in [1.54, 1.807) is 71.9 Å². The average molecular weight is 495 g/mol. The summed E-state index contributed by atoms with van der Waals surface area (Å²) < 4.78 is 21.4. The highest BCUT2D eigenvalue weighted by atomic mass is 16.7. The van der Waals surface area contributed by atoms with Crippen LogP contribution in [0.1, 0.15) is 54.4 Å². The molecule has 35 heavy (non-hydrogen) atoms. The van der Waals surface area contributed by atoms with E-state index in [0.29, 0.717) is 5.57 Å². The number of Topliss-reactive ketones (excluding diaryl/α,β-unsaturated/α-hetero) is 1. The Balaban J connectivity index is 3.40. The summed E-state index contributed by atoms with van der Waals surface area (Å²) >= 11 is 0. The van der Waals surface area contributed by atoms with Crippen LogP contribution >= 0.6 is 0 Å². The Kier molecular flexibility index (Phi) is 12.0. The van der Waals surface area contributed by atoms with Gasteiger partial charge in [-0.15, -0.1) is 0 Å². The van der Waals surface area contributed by atoms with Gasteiger partial charge in [-0.3, -0.25) is 14.4 Å². The molecule has 0 aromatic rings. The summed E-state index contributed by atoms with van der Waals surface area (Å²) in [6.07, 6.45) is 7.48. The first-order valence-corrected chi connectivity index (χ1v) is 11.8. The topological polar surface area (TPSA) is 108 Å². The highest BCUT2D eigenvalue weighted by molar-refractivity contribution is 6.02. The minimum Gasteiger partial charge on any atom is -0.468 e. The van der Waals surface area contributed by atoms with Crippen molar-refractivity contribution in [2.75, 3.05) is 27.6 Å². The molecule has 0 aliphatic heterocycles. The first-order chi connectivity index (χ1) is 16.2. The number of ether oxygens (including phenoxy) is 4. The Morgan fingerprint density at radius 2 is 1.83 bits per heavy atom. The lowest BCUT2D eigenvalue weighted by Gasteiger charge is -2.28. The Morgan fingerprint density at radius 1 is 1.17 bits per heavy atom. The highest BCUT2D eigenvalue weighted by Gasteiger charge is 2.37. The highest BCUT2D eigenvalue weighted by Crippen LogP contribution is 2.29. The predicted octanol–water partition coefficient (Wildman–Crippen LogP) is 3.78. The van der Waals surface area contributed by atoms with Gasteiger partial charge in [0.05, 0.1) is 31.3 Å². The van der Waals surface area contributed by atoms with Crippen molar-refractivity contribution < 1.29 is 38.4 Å². The van der Waals surface area contributed by atoms with Crippen molar-refractivity contribution in [3.8, 4) is 0 Å². The van der Waals surface area contributed by atoms with E-state index >= 15 is 0 Å². The third-order valence-electron chi connectivity index (χ3n) is 5.79. The molecule has 0 saturated carbocycles. The molecular weight excluding hydrogens is 452 g/mol. The maximum atomic E-state index is 13.2. The Morgan fingerprint density at radius 3 is 2.40 bits per heavy atom. The standard InChI is InChI=1S/C27H42O8/c1-18-13-20(28)15-19(16-34-25(31)26(2,3)4)22(35-17-32-7)11-9-10-12-27(5,6)23(29)21(14-18)24(30)33-8/h9-13,19-22,28H,14-17H2,1-8H3/b11-9+,12-10+,18-13+/t19-,20-,21?,22-/m1/s1. The minimum atomic E-state index is -0.989. The molecule has 0 radical (unpaired) electrons. The Labute approximate surface area is 209 Å². The molecule has 0 fully saturated rings. The predicted molar refractivity (Wildman–Crippen MR) is 132 cm³/mol. The third kappa shape index (κ3) is 10.1. The first kappa shape index (κ1) is 30.7. The van der Waals surface area contributed by atoms with Crippen molar-refractivity contribution in [2.45, 2.75) is 66.6 Å². The van der Waals surface area contributed by atoms with Gasteiger partial charge in [0.1, 0.15) is 12.7 Å². The number of methoxy groups -OCH3 is 2. The summed E-state index contributed by atoms with van der Waals surface area (Å²) in [5.41, 5.74) is -0.927. The normalized spacial score (nSPS) is 29.3. The molecule has 0 aromatic carbocycles. The number of hydrogen-bond acceptors (Lipinski definition) is 8. The summed E-state index contributed by atoms with van der Waals surface area (Å²) in [5, 5.41) is 10.8. The van der Waals surface area contributed by atoms with Crippen molar-refractivity contribution in [3.63, 3.8) is 0 Å². The summed E-state index contributed by atoms with van der Waals surface area (Å²) in [6.45, 7) is 10.6. The monoisotopic (exact) mass is 494 g/mol. The first-order valence-electron chi connectivity index (χ1n) is 11.8. The number of carbonyl (C=O) groups excluding carboxylic acids is 3. The van der Waals surface area contributed by atoms with E-state index in [1.807, 2.05) is 0 Å². The summed E-state index contributed by atoms with van der Waals surface area (Å²) in [7, 11) is 2.76. The van der Waals surface area contributed by atoms with Crippen LogP contribution in [0.2, 0.25) is 0 Å². The largest absolute Gasteiger partial charge is 0.468 e. The van der Waals surface area contributed by atoms with Gasteiger partial charge in [0, 0.05) is 18.4 Å². The second-order valence-electron chi connectivity index (χ2n) is 10.6. The molecule has 1 unspecified atom stereocenters. The lowest BCUT2D eigenvalue weighted by molar-refractivity contribution is -0.157. The average Bonchev–Trinajstić information content (AvgIpc) is 2.77. The van der Waals surface area contributed by atoms with E-state index in [-0.39, 0.29) is 43.9 Å². The van der Waals surface area contributed by atoms with E-state index in [9.17, 15) is 19.5 Å². The zero-order chi connectivity index (χ0) is 26.8. The minimum absolute atomic E-state index is 0.0121. The van der Waals surface area contributed by atoms with Crippen LogP contribution in [-0.2, 0) is 33.3 Å². The molecule has 1 aliphatic carbocycles. The molecule has 4 atom stereocenters. The number of carbonyl (C=O) groups is 3. The fourth-order valence-electron chi connectivity index (χ4n) is 3.71. The molecule has 8 heteroatoms. The molecule has 198 valence electrons. The van der Waals surface area contributed by atoms with Crippen molar-refractivity contribution >= 4 is 17.7 Å². The molecule has 1 rings (SSSR count). The summed E-state index contributed by atoms with van der Waals surface area (Å²) in [4.78, 5) is 38.0. The van der Waals surface area contributed by atoms with Gasteiger partial charge < -0.3 is 24.1 Å². The van der Waals surface area contributed by atoms with Gasteiger partial charge in [-0.1, -0.05) is 36.0 Å². The number of esters is 2. The molecule has 0 aromatic heterocycles. The molecule has 0 amide bonds. The van der Waals surface area contributed by atoms with Gasteiger partial charge >= 0.3 is 11.9 Å². The molecule has 8 nitrogen and oxygen atoms in total. The number of aliphatic hydroxyl groups excluding tert-OH is 1. The maximum absolute atomic E-state index is 13.2. The Bertz CT molecular complexity index is 816. The lowest BCUT2D eigenvalue weighted by atomic mass is 9.78. The van der Waals surface area contributed by atoms with Crippen LogP contribution in [0, 0.1) is 22.7 Å². The SMILES string of the molecule is COCO[C@@H]1/C=C/C=C/C(C)(C)C(=O)C(C(=O)OC)C/C(C)=C/[C@@H](O)C[C@@H]1COC(=O)C(C)(C)C. The van der Waals surface area contributed by atoms with E-state index in [4.69, 9.17) is 18.9 Å². The van der Waals surface area contributed by atoms with Gasteiger partial charge in [0.25, 0.3) is 0 Å². The zero-order valence-electron chi connectivity index (χ0n) is 22.3. The van der Waals surface area contributed by atoms with Crippen LogP contribution in [0.3, 0.4) is 0 Å². The fourth-order valence-corrected chi connectivity index (χ4v) is 3.71. The molecule has 1 N–H and O–H groups in total. The van der Waals surface area contributed by atoms with Crippen LogP contribution in [-0.4, -0.2) is 62.7 Å². The molecule has 1 aliphatic rings. The number of aliphatic hydroxyl groups is 1. The van der Waals surface area contributed by atoms with Crippen LogP contribution < -0.4 is 0 Å². The summed E-state index contributed by atoms with van der Waals surface area (Å²) in [5.74, 6) is -2.60. The van der Waals surface area contributed by atoms with Crippen LogP contribution in [0.5, 0.6) is 0 Å². The molecule has 0 saturated heterocycles. The van der Waals surface area contributed by atoms with Gasteiger partial charge in [-0.25, -0.2) is 0 Å². The van der Waals surface area contributed by atoms with Gasteiger partial charge in [-0.05, 0) is 54.4 Å². The van der Waals surface area contributed by atoms with Crippen molar-refractivity contribution in [3.05, 3.63) is 36.0 Å². The Hall–Kier alpha value is -2.29. The van der Waals surface area contributed by atoms with Gasteiger partial charge in [0.15, 0.2) is 5.78 Å². The van der Waals surface area contributed by atoms with E-state index < -0.39 is 34.9 Å². The lowest BCUT2D eigenvalue weighted by Crippen LogP contribution is -2.35. The van der Waals surface area contributed by atoms with Crippen molar-refractivity contribution in [2.24, 2.45) is 22.7 Å². The maximum Gasteiger partial charge on any atom is 0.316 e. The van der Waals surface area contributed by atoms with E-state index in [1.165, 1.54) is 14.2 Å². The number of rotatable bonds is 6. The number of ketones is 1. The van der Waals surface area contributed by atoms with Gasteiger partial charge in [0.2, 0.25) is 0 Å². The van der Waals surface area contributed by atoms with Crippen molar-refractivity contribution in [1.29, 1.82) is 0 Å². The van der Waals surface area contributed by atoms with E-state index in [2.05, 4.69) is 0 Å². The number of allylic oxidation sites excluding steroid dienone is 4. The third-order valence-corrected chi connectivity index (χ3v) is 5.79. The van der Waals surface area contributed by atoms with Crippen LogP contribution in [0.4, 0.5) is 0 Å².